The van der Waals surface area contributed by atoms with Gasteiger partial charge in [-0.05, 0) is 29.4 Å². The zero-order valence-corrected chi connectivity index (χ0v) is 22.4. The number of nitrogens with zero attached hydrogens (tertiary/aromatic N) is 4. The quantitative estimate of drug-likeness (QED) is 0.256. The van der Waals surface area contributed by atoms with Gasteiger partial charge in [-0.3, -0.25) is 0 Å². The van der Waals surface area contributed by atoms with Gasteiger partial charge in [-0.15, -0.1) is 16.4 Å². The van der Waals surface area contributed by atoms with Gasteiger partial charge < -0.3 is 28.1 Å². The minimum atomic E-state index is -0.427. The maximum atomic E-state index is 6.24. The lowest BCUT2D eigenvalue weighted by molar-refractivity contribution is -0.159. The number of aromatic nitrogens is 4. The monoisotopic (exact) mass is 552 g/mol. The van der Waals surface area contributed by atoms with Crippen LogP contribution in [0.4, 0.5) is 0 Å². The van der Waals surface area contributed by atoms with E-state index in [4.69, 9.17) is 33.1 Å². The third kappa shape index (κ3) is 4.23. The number of imidazole rings is 1. The van der Waals surface area contributed by atoms with Crippen LogP contribution in [0.1, 0.15) is 30.0 Å². The smallest absolute Gasteiger partial charge is 0.294 e. The molecule has 1 spiro atoms. The second-order valence-electron chi connectivity index (χ2n) is 9.05. The Hall–Kier alpha value is -3.45. The summed E-state index contributed by atoms with van der Waals surface area (Å²) < 4.78 is 36.4. The van der Waals surface area contributed by atoms with Gasteiger partial charge in [0, 0.05) is 30.4 Å². The van der Waals surface area contributed by atoms with Crippen molar-refractivity contribution in [3.63, 3.8) is 0 Å². The van der Waals surface area contributed by atoms with E-state index < -0.39 is 5.79 Å². The molecule has 0 atom stereocenters. The van der Waals surface area contributed by atoms with Crippen LogP contribution in [0.2, 0.25) is 0 Å². The predicted octanol–water partition coefficient (Wildman–Crippen LogP) is 5.57. The van der Waals surface area contributed by atoms with E-state index in [1.807, 2.05) is 29.8 Å². The van der Waals surface area contributed by atoms with Gasteiger partial charge in [0.05, 0.1) is 44.7 Å². The van der Waals surface area contributed by atoms with E-state index >= 15 is 0 Å². The summed E-state index contributed by atoms with van der Waals surface area (Å²) in [5.74, 6) is 1.48. The SMILES string of the molecule is COc1cc(OCc2csc(C3=CCC4(CC3)OCCO4)n2)c2cc(-c3cn4nc(OC)sc4n3)oc2c1. The maximum absolute atomic E-state index is 6.24. The van der Waals surface area contributed by atoms with Crippen LogP contribution in [-0.4, -0.2) is 52.8 Å². The van der Waals surface area contributed by atoms with Crippen LogP contribution in [0.25, 0.3) is 33.0 Å². The van der Waals surface area contributed by atoms with Gasteiger partial charge in [0.15, 0.2) is 11.5 Å². The van der Waals surface area contributed by atoms with Crippen LogP contribution in [0.3, 0.4) is 0 Å². The number of furan rings is 1. The van der Waals surface area contributed by atoms with Crippen molar-refractivity contribution >= 4 is 44.2 Å². The molecule has 1 aliphatic carbocycles. The highest BCUT2D eigenvalue weighted by Crippen LogP contribution is 2.40. The number of methoxy groups -OCH3 is 2. The highest BCUT2D eigenvalue weighted by molar-refractivity contribution is 7.18. The summed E-state index contributed by atoms with van der Waals surface area (Å²) in [6.07, 6.45) is 6.51. The van der Waals surface area contributed by atoms with Gasteiger partial charge >= 0.3 is 0 Å². The van der Waals surface area contributed by atoms with Crippen molar-refractivity contribution in [2.45, 2.75) is 31.7 Å². The molecule has 0 radical (unpaired) electrons. The molecule has 4 aromatic heterocycles. The van der Waals surface area contributed by atoms with E-state index in [-0.39, 0.29) is 0 Å². The lowest BCUT2D eigenvalue weighted by Gasteiger charge is -2.30. The molecular weight excluding hydrogens is 528 g/mol. The molecule has 5 heterocycles. The van der Waals surface area contributed by atoms with Gasteiger partial charge in [0.25, 0.3) is 5.19 Å². The molecular formula is C26H24N4O6S2. The fourth-order valence-electron chi connectivity index (χ4n) is 4.76. The molecule has 0 saturated carbocycles. The fourth-order valence-corrected chi connectivity index (χ4v) is 6.34. The van der Waals surface area contributed by atoms with E-state index in [0.717, 1.165) is 40.3 Å². The van der Waals surface area contributed by atoms with Crippen molar-refractivity contribution in [2.75, 3.05) is 27.4 Å². The fraction of sp³-hybridized carbons (Fsp3) is 0.346. The Morgan fingerprint density at radius 3 is 2.76 bits per heavy atom. The number of allylic oxidation sites excluding steroid dienone is 1. The number of benzene rings is 1. The van der Waals surface area contributed by atoms with Crippen molar-refractivity contribution in [3.8, 4) is 28.1 Å². The summed E-state index contributed by atoms with van der Waals surface area (Å²) in [7, 11) is 3.21. The minimum Gasteiger partial charge on any atom is -0.496 e. The minimum absolute atomic E-state index is 0.326. The molecule has 1 aromatic carbocycles. The molecule has 0 bridgehead atoms. The van der Waals surface area contributed by atoms with Crippen LogP contribution in [-0.2, 0) is 16.1 Å². The Labute approximate surface area is 225 Å². The van der Waals surface area contributed by atoms with Crippen molar-refractivity contribution in [3.05, 3.63) is 46.6 Å². The first-order valence-electron chi connectivity index (χ1n) is 12.2. The van der Waals surface area contributed by atoms with E-state index in [9.17, 15) is 0 Å². The number of fused-ring (bicyclic) bond motifs is 2. The molecule has 1 saturated heterocycles. The molecule has 7 rings (SSSR count). The second kappa shape index (κ2) is 9.38. The Balaban J connectivity index is 1.11. The van der Waals surface area contributed by atoms with Crippen LogP contribution >= 0.6 is 22.7 Å². The number of hydrogen-bond donors (Lipinski definition) is 0. The number of rotatable bonds is 7. The largest absolute Gasteiger partial charge is 0.496 e. The van der Waals surface area contributed by atoms with Crippen molar-refractivity contribution in [2.24, 2.45) is 0 Å². The summed E-state index contributed by atoms with van der Waals surface area (Å²) in [6.45, 7) is 1.67. The van der Waals surface area contributed by atoms with E-state index in [1.54, 1.807) is 30.1 Å². The maximum Gasteiger partial charge on any atom is 0.294 e. The third-order valence-electron chi connectivity index (χ3n) is 6.71. The Kier molecular flexibility index (Phi) is 5.84. The molecule has 2 aliphatic rings. The first kappa shape index (κ1) is 23.7. The zero-order valence-electron chi connectivity index (χ0n) is 20.8. The highest BCUT2D eigenvalue weighted by Gasteiger charge is 2.38. The summed E-state index contributed by atoms with van der Waals surface area (Å²) in [6, 6.07) is 5.63. The van der Waals surface area contributed by atoms with Gasteiger partial charge in [-0.1, -0.05) is 6.08 Å². The average Bonchev–Trinajstić information content (AvgIpc) is 3.75. The Morgan fingerprint density at radius 1 is 1.11 bits per heavy atom. The summed E-state index contributed by atoms with van der Waals surface area (Å²) in [5.41, 5.74) is 3.43. The topological polar surface area (TPSA) is 102 Å². The lowest BCUT2D eigenvalue weighted by Crippen LogP contribution is -2.31. The molecule has 196 valence electrons. The zero-order chi connectivity index (χ0) is 25.7. The van der Waals surface area contributed by atoms with Crippen LogP contribution < -0.4 is 14.2 Å². The average molecular weight is 553 g/mol. The van der Waals surface area contributed by atoms with Gasteiger partial charge in [0.2, 0.25) is 4.96 Å². The summed E-state index contributed by atoms with van der Waals surface area (Å²) in [5, 5.41) is 8.77. The van der Waals surface area contributed by atoms with Crippen molar-refractivity contribution in [1.29, 1.82) is 0 Å². The Bertz CT molecular complexity index is 1630. The number of hydrogen-bond acceptors (Lipinski definition) is 11. The molecule has 0 unspecified atom stereocenters. The molecule has 12 heteroatoms. The second-order valence-corrected chi connectivity index (χ2v) is 10.8. The normalized spacial score (nSPS) is 16.9. The molecule has 10 nitrogen and oxygen atoms in total. The predicted molar refractivity (Wildman–Crippen MR) is 142 cm³/mol. The van der Waals surface area contributed by atoms with Gasteiger partial charge in [-0.2, -0.15) is 0 Å². The van der Waals surface area contributed by atoms with Crippen molar-refractivity contribution in [1.82, 2.24) is 19.6 Å². The summed E-state index contributed by atoms with van der Waals surface area (Å²) in [4.78, 5) is 10.2. The van der Waals surface area contributed by atoms with Crippen LogP contribution in [0, 0.1) is 0 Å². The van der Waals surface area contributed by atoms with Gasteiger partial charge in [0.1, 0.15) is 34.4 Å². The van der Waals surface area contributed by atoms with Crippen molar-refractivity contribution < 1.29 is 28.1 Å². The van der Waals surface area contributed by atoms with Crippen LogP contribution in [0.5, 0.6) is 16.7 Å². The molecule has 38 heavy (non-hydrogen) atoms. The highest BCUT2D eigenvalue weighted by atomic mass is 32.1. The first-order valence-corrected chi connectivity index (χ1v) is 13.9. The third-order valence-corrected chi connectivity index (χ3v) is 8.56. The Morgan fingerprint density at radius 2 is 2.00 bits per heavy atom. The number of thiazole rings is 1. The molecule has 1 aliphatic heterocycles. The standard InChI is InChI=1S/C26H24N4O6S2/c1-31-17-9-20(18-11-22(36-21(18)10-17)19-12-30-24(28-19)38-25(29-30)32-2)33-13-16-14-37-23(27-16)15-3-5-26(6-4-15)34-7-8-35-26/h3,9-12,14H,4-8,13H2,1-2H3. The summed E-state index contributed by atoms with van der Waals surface area (Å²) >= 11 is 2.99. The molecule has 5 aromatic rings. The van der Waals surface area contributed by atoms with Gasteiger partial charge in [-0.25, -0.2) is 14.5 Å². The number of ether oxygens (including phenoxy) is 5. The lowest BCUT2D eigenvalue weighted by atomic mass is 9.94. The first-order chi connectivity index (χ1) is 18.6. The molecule has 0 amide bonds. The molecule has 0 N–H and O–H groups in total. The van der Waals surface area contributed by atoms with E-state index in [1.165, 1.54) is 16.9 Å². The van der Waals surface area contributed by atoms with Crippen LogP contribution in [0.15, 0.2) is 40.3 Å². The van der Waals surface area contributed by atoms with E-state index in [0.29, 0.717) is 53.6 Å². The molecule has 1 fully saturated rings. The van der Waals surface area contributed by atoms with E-state index in [2.05, 4.69) is 16.2 Å².